The van der Waals surface area contributed by atoms with Crippen LogP contribution in [0.5, 0.6) is 0 Å². The number of rotatable bonds is 5. The lowest BCUT2D eigenvalue weighted by atomic mass is 9.94. The molecule has 2 aromatic carbocycles. The molecule has 1 aliphatic carbocycles. The van der Waals surface area contributed by atoms with Crippen LogP contribution in [0.15, 0.2) is 46.9 Å². The zero-order valence-corrected chi connectivity index (χ0v) is 19.2. The summed E-state index contributed by atoms with van der Waals surface area (Å²) in [6, 6.07) is 15.8. The summed E-state index contributed by atoms with van der Waals surface area (Å²) in [6.45, 7) is 5.85. The lowest BCUT2D eigenvalue weighted by Crippen LogP contribution is -2.52. The summed E-state index contributed by atoms with van der Waals surface area (Å²) in [6.07, 6.45) is 6.62. The summed E-state index contributed by atoms with van der Waals surface area (Å²) < 4.78 is 3.38. The van der Waals surface area contributed by atoms with Gasteiger partial charge in [0.05, 0.1) is 12.6 Å². The van der Waals surface area contributed by atoms with Crippen molar-refractivity contribution in [1.82, 2.24) is 14.4 Å². The molecule has 0 radical (unpaired) electrons. The van der Waals surface area contributed by atoms with Gasteiger partial charge in [-0.25, -0.2) is 0 Å². The van der Waals surface area contributed by atoms with E-state index >= 15 is 0 Å². The fourth-order valence-electron chi connectivity index (χ4n) is 5.55. The van der Waals surface area contributed by atoms with E-state index < -0.39 is 0 Å². The molecule has 5 heteroatoms. The van der Waals surface area contributed by atoms with E-state index in [1.54, 1.807) is 0 Å². The maximum atomic E-state index is 11.0. The zero-order chi connectivity index (χ0) is 20.5. The fourth-order valence-corrected chi connectivity index (χ4v) is 5.91. The number of hydrogen-bond acceptors (Lipinski definition) is 3. The Morgan fingerprint density at radius 2 is 1.60 bits per heavy atom. The Balaban J connectivity index is 1.26. The number of piperazine rings is 1. The average Bonchev–Trinajstić information content (AvgIpc) is 3.08. The number of aromatic nitrogens is 1. The maximum Gasteiger partial charge on any atom is 0.0845 e. The van der Waals surface area contributed by atoms with Gasteiger partial charge < -0.3 is 9.67 Å². The van der Waals surface area contributed by atoms with Gasteiger partial charge in [-0.1, -0.05) is 53.4 Å². The Labute approximate surface area is 187 Å². The summed E-state index contributed by atoms with van der Waals surface area (Å²) in [7, 11) is 0. The van der Waals surface area contributed by atoms with E-state index in [4.69, 9.17) is 0 Å². The number of hydrogen-bond donors (Lipinski definition) is 1. The molecule has 1 saturated carbocycles. The van der Waals surface area contributed by atoms with Crippen LogP contribution in [0.3, 0.4) is 0 Å². The molecule has 1 atom stereocenters. The molecule has 4 nitrogen and oxygen atoms in total. The average molecular weight is 470 g/mol. The first kappa shape index (κ1) is 20.5. The third-order valence-electron chi connectivity index (χ3n) is 7.09. The highest BCUT2D eigenvalue weighted by molar-refractivity contribution is 9.10. The van der Waals surface area contributed by atoms with Crippen molar-refractivity contribution >= 4 is 37.7 Å². The molecule has 160 valence electrons. The monoisotopic (exact) mass is 469 g/mol. The molecule has 1 N–H and O–H groups in total. The fraction of sp³-hybridized carbons (Fsp3) is 0.520. The van der Waals surface area contributed by atoms with Gasteiger partial charge in [-0.15, -0.1) is 0 Å². The minimum absolute atomic E-state index is 0.367. The molecule has 2 aliphatic rings. The van der Waals surface area contributed by atoms with Crippen LogP contribution in [0.1, 0.15) is 32.1 Å². The van der Waals surface area contributed by atoms with E-state index in [9.17, 15) is 5.11 Å². The predicted molar refractivity (Wildman–Crippen MR) is 128 cm³/mol. The van der Waals surface area contributed by atoms with Crippen LogP contribution < -0.4 is 0 Å². The van der Waals surface area contributed by atoms with Gasteiger partial charge in [0, 0.05) is 65.0 Å². The summed E-state index contributed by atoms with van der Waals surface area (Å²) >= 11 is 3.61. The molecule has 1 aromatic heterocycles. The van der Waals surface area contributed by atoms with Crippen LogP contribution in [0.2, 0.25) is 0 Å². The Morgan fingerprint density at radius 3 is 2.40 bits per heavy atom. The highest BCUT2D eigenvalue weighted by atomic mass is 79.9. The topological polar surface area (TPSA) is 31.6 Å². The first-order valence-corrected chi connectivity index (χ1v) is 12.3. The second-order valence-electron chi connectivity index (χ2n) is 9.07. The first-order chi connectivity index (χ1) is 14.7. The van der Waals surface area contributed by atoms with Gasteiger partial charge in [-0.3, -0.25) is 9.80 Å². The van der Waals surface area contributed by atoms with Gasteiger partial charge in [-0.05, 0) is 37.1 Å². The lowest BCUT2D eigenvalue weighted by molar-refractivity contribution is 0.0435. The molecule has 0 bridgehead atoms. The molecule has 1 saturated heterocycles. The van der Waals surface area contributed by atoms with Crippen LogP contribution >= 0.6 is 15.9 Å². The Morgan fingerprint density at radius 1 is 0.867 bits per heavy atom. The van der Waals surface area contributed by atoms with Crippen LogP contribution in [-0.2, 0) is 6.54 Å². The molecule has 2 fully saturated rings. The number of benzene rings is 2. The van der Waals surface area contributed by atoms with E-state index in [2.05, 4.69) is 72.8 Å². The number of β-amino-alcohol motifs (C(OH)–C–C–N with tert-alkyl or cyclic N) is 1. The highest BCUT2D eigenvalue weighted by Gasteiger charge is 2.26. The number of nitrogens with zero attached hydrogens (tertiary/aromatic N) is 3. The maximum absolute atomic E-state index is 11.0. The minimum atomic E-state index is -0.367. The zero-order valence-electron chi connectivity index (χ0n) is 17.6. The molecule has 0 spiro atoms. The molecule has 30 heavy (non-hydrogen) atoms. The first-order valence-electron chi connectivity index (χ1n) is 11.5. The quantitative estimate of drug-likeness (QED) is 0.578. The van der Waals surface area contributed by atoms with Crippen molar-refractivity contribution in [3.05, 3.63) is 46.9 Å². The molecule has 3 aromatic rings. The standard InChI is InChI=1S/C25H32BrN3O/c26-19-10-11-25-23(16-19)22-8-4-5-9-24(22)29(25)18-21(30)17-27-12-14-28(15-13-27)20-6-2-1-3-7-20/h4-5,8-11,16,20-21,30H,1-3,6-7,12-15,17-18H2. The molecule has 2 heterocycles. The molecular weight excluding hydrogens is 438 g/mol. The highest BCUT2D eigenvalue weighted by Crippen LogP contribution is 2.31. The van der Waals surface area contributed by atoms with Gasteiger partial charge in [0.1, 0.15) is 0 Å². The van der Waals surface area contributed by atoms with Gasteiger partial charge in [-0.2, -0.15) is 0 Å². The van der Waals surface area contributed by atoms with Crippen molar-refractivity contribution in [3.8, 4) is 0 Å². The van der Waals surface area contributed by atoms with Gasteiger partial charge in [0.2, 0.25) is 0 Å². The molecule has 0 amide bonds. The molecule has 1 unspecified atom stereocenters. The number of fused-ring (bicyclic) bond motifs is 3. The van der Waals surface area contributed by atoms with E-state index in [0.29, 0.717) is 6.54 Å². The van der Waals surface area contributed by atoms with Crippen molar-refractivity contribution in [1.29, 1.82) is 0 Å². The lowest BCUT2D eigenvalue weighted by Gasteiger charge is -2.41. The minimum Gasteiger partial charge on any atom is -0.390 e. The van der Waals surface area contributed by atoms with E-state index in [0.717, 1.165) is 43.2 Å². The Kier molecular flexibility index (Phi) is 6.15. The third kappa shape index (κ3) is 4.18. The van der Waals surface area contributed by atoms with Crippen LogP contribution in [0.4, 0.5) is 0 Å². The number of para-hydroxylation sites is 1. The van der Waals surface area contributed by atoms with Gasteiger partial charge in [0.15, 0.2) is 0 Å². The molecular formula is C25H32BrN3O. The summed E-state index contributed by atoms with van der Waals surface area (Å²) in [5, 5.41) is 13.5. The van der Waals surface area contributed by atoms with Crippen molar-refractivity contribution in [2.24, 2.45) is 0 Å². The van der Waals surface area contributed by atoms with Gasteiger partial charge >= 0.3 is 0 Å². The van der Waals surface area contributed by atoms with Gasteiger partial charge in [0.25, 0.3) is 0 Å². The Bertz CT molecular complexity index is 1000. The second kappa shape index (κ2) is 8.99. The number of aliphatic hydroxyl groups excluding tert-OH is 1. The largest absolute Gasteiger partial charge is 0.390 e. The predicted octanol–water partition coefficient (Wildman–Crippen LogP) is 4.87. The van der Waals surface area contributed by atoms with E-state index in [1.807, 2.05) is 0 Å². The Hall–Kier alpha value is -1.40. The van der Waals surface area contributed by atoms with E-state index in [1.165, 1.54) is 53.9 Å². The smallest absolute Gasteiger partial charge is 0.0845 e. The van der Waals surface area contributed by atoms with E-state index in [-0.39, 0.29) is 6.10 Å². The second-order valence-corrected chi connectivity index (χ2v) is 9.99. The molecule has 1 aliphatic heterocycles. The third-order valence-corrected chi connectivity index (χ3v) is 7.59. The normalized spacial score (nSPS) is 20.9. The number of halogens is 1. The van der Waals surface area contributed by atoms with Crippen molar-refractivity contribution in [2.75, 3.05) is 32.7 Å². The van der Waals surface area contributed by atoms with Crippen LogP contribution in [0.25, 0.3) is 21.8 Å². The summed E-state index contributed by atoms with van der Waals surface area (Å²) in [4.78, 5) is 5.15. The number of aliphatic hydroxyl groups is 1. The van der Waals surface area contributed by atoms with Crippen LogP contribution in [-0.4, -0.2) is 64.3 Å². The summed E-state index contributed by atoms with van der Waals surface area (Å²) in [5.74, 6) is 0. The summed E-state index contributed by atoms with van der Waals surface area (Å²) in [5.41, 5.74) is 2.40. The van der Waals surface area contributed by atoms with Crippen molar-refractivity contribution in [2.45, 2.75) is 50.8 Å². The van der Waals surface area contributed by atoms with Crippen molar-refractivity contribution < 1.29 is 5.11 Å². The SMILES string of the molecule is OC(CN1CCN(C2CCCCC2)CC1)Cn1c2ccccc2c2cc(Br)ccc21. The van der Waals surface area contributed by atoms with Crippen LogP contribution in [0, 0.1) is 0 Å². The van der Waals surface area contributed by atoms with Crippen molar-refractivity contribution in [3.63, 3.8) is 0 Å². The molecule has 5 rings (SSSR count).